The summed E-state index contributed by atoms with van der Waals surface area (Å²) in [7, 11) is 0. The zero-order chi connectivity index (χ0) is 13.8. The van der Waals surface area contributed by atoms with E-state index < -0.39 is 11.1 Å². The van der Waals surface area contributed by atoms with E-state index in [1.54, 1.807) is 18.2 Å². The SMILES string of the molecule is N#Cc1ccc(CSc2c[nH]c(=O)c(=O)[nH]2)cc1Cl. The molecule has 5 nitrogen and oxygen atoms in total. The maximum absolute atomic E-state index is 11.1. The Kier molecular flexibility index (Phi) is 4.10. The summed E-state index contributed by atoms with van der Waals surface area (Å²) in [6.07, 6.45) is 1.44. The van der Waals surface area contributed by atoms with Gasteiger partial charge in [0.05, 0.1) is 15.6 Å². The number of hydrogen-bond donors (Lipinski definition) is 2. The van der Waals surface area contributed by atoms with Gasteiger partial charge in [0.1, 0.15) is 6.07 Å². The summed E-state index contributed by atoms with van der Waals surface area (Å²) >= 11 is 7.27. The molecule has 0 saturated carbocycles. The minimum atomic E-state index is -0.678. The Hall–Kier alpha value is -1.97. The molecule has 0 aliphatic rings. The van der Waals surface area contributed by atoms with Crippen LogP contribution >= 0.6 is 23.4 Å². The lowest BCUT2D eigenvalue weighted by Gasteiger charge is -2.03. The topological polar surface area (TPSA) is 89.5 Å². The van der Waals surface area contributed by atoms with Crippen molar-refractivity contribution < 1.29 is 0 Å². The first-order chi connectivity index (χ1) is 9.10. The number of benzene rings is 1. The molecule has 0 fully saturated rings. The van der Waals surface area contributed by atoms with Gasteiger partial charge in [-0.05, 0) is 17.7 Å². The Labute approximate surface area is 117 Å². The number of aromatic nitrogens is 2. The fourth-order valence-corrected chi connectivity index (χ4v) is 2.43. The normalized spacial score (nSPS) is 10.1. The minimum absolute atomic E-state index is 0.399. The molecule has 2 rings (SSSR count). The summed E-state index contributed by atoms with van der Waals surface area (Å²) in [6, 6.07) is 7.13. The van der Waals surface area contributed by atoms with Gasteiger partial charge >= 0.3 is 11.1 Å². The number of hydrogen-bond acceptors (Lipinski definition) is 4. The van der Waals surface area contributed by atoms with Crippen LogP contribution in [0.1, 0.15) is 11.1 Å². The molecule has 0 saturated heterocycles. The Morgan fingerprint density at radius 3 is 2.74 bits per heavy atom. The van der Waals surface area contributed by atoms with Crippen LogP contribution in [-0.4, -0.2) is 9.97 Å². The first kappa shape index (κ1) is 13.5. The summed E-state index contributed by atoms with van der Waals surface area (Å²) in [4.78, 5) is 26.8. The third kappa shape index (κ3) is 3.28. The Bertz CT molecular complexity index is 761. The maximum atomic E-state index is 11.1. The summed E-state index contributed by atoms with van der Waals surface area (Å²) in [5.74, 6) is 0.563. The lowest BCUT2D eigenvalue weighted by Crippen LogP contribution is -2.28. The van der Waals surface area contributed by atoms with Gasteiger partial charge in [-0.1, -0.05) is 17.7 Å². The van der Waals surface area contributed by atoms with Crippen molar-refractivity contribution in [1.82, 2.24) is 9.97 Å². The minimum Gasteiger partial charge on any atom is -0.322 e. The molecule has 96 valence electrons. The van der Waals surface area contributed by atoms with E-state index in [9.17, 15) is 9.59 Å². The third-order valence-corrected chi connectivity index (χ3v) is 3.65. The lowest BCUT2D eigenvalue weighted by atomic mass is 10.2. The second-order valence-electron chi connectivity index (χ2n) is 3.65. The second-order valence-corrected chi connectivity index (χ2v) is 5.08. The molecule has 0 unspecified atom stereocenters. The molecule has 2 N–H and O–H groups in total. The van der Waals surface area contributed by atoms with E-state index in [0.717, 1.165) is 5.56 Å². The van der Waals surface area contributed by atoms with Crippen LogP contribution in [0.5, 0.6) is 0 Å². The van der Waals surface area contributed by atoms with E-state index in [2.05, 4.69) is 9.97 Å². The molecule has 1 aromatic heterocycles. The summed E-state index contributed by atoms with van der Waals surface area (Å²) in [5, 5.41) is 9.72. The van der Waals surface area contributed by atoms with Gasteiger partial charge < -0.3 is 9.97 Å². The highest BCUT2D eigenvalue weighted by Crippen LogP contribution is 2.23. The number of nitrogens with one attached hydrogen (secondary N) is 2. The van der Waals surface area contributed by atoms with Crippen molar-refractivity contribution in [3.63, 3.8) is 0 Å². The van der Waals surface area contributed by atoms with Crippen molar-refractivity contribution in [2.75, 3.05) is 0 Å². The van der Waals surface area contributed by atoms with E-state index in [1.165, 1.54) is 18.0 Å². The third-order valence-electron chi connectivity index (χ3n) is 2.33. The molecule has 1 heterocycles. The predicted molar refractivity (Wildman–Crippen MR) is 73.4 cm³/mol. The molecular formula is C12H8ClN3O2S. The van der Waals surface area contributed by atoms with Crippen LogP contribution in [0, 0.1) is 11.3 Å². The van der Waals surface area contributed by atoms with Crippen LogP contribution < -0.4 is 11.1 Å². The second kappa shape index (κ2) is 5.78. The molecule has 7 heteroatoms. The van der Waals surface area contributed by atoms with Gasteiger partial charge in [0.15, 0.2) is 0 Å². The van der Waals surface area contributed by atoms with Crippen LogP contribution in [0.2, 0.25) is 5.02 Å². The van der Waals surface area contributed by atoms with Gasteiger partial charge in [0, 0.05) is 11.9 Å². The molecule has 1 aromatic carbocycles. The Balaban J connectivity index is 2.12. The maximum Gasteiger partial charge on any atom is 0.314 e. The average Bonchev–Trinajstić information content (AvgIpc) is 2.40. The summed E-state index contributed by atoms with van der Waals surface area (Å²) in [5.41, 5.74) is -0.0115. The predicted octanol–water partition coefficient (Wildman–Crippen LogP) is 1.88. The zero-order valence-electron chi connectivity index (χ0n) is 9.57. The fraction of sp³-hybridized carbons (Fsp3) is 0.0833. The highest BCUT2D eigenvalue weighted by atomic mass is 35.5. The summed E-state index contributed by atoms with van der Waals surface area (Å²) < 4.78 is 0. The van der Waals surface area contributed by atoms with Crippen molar-refractivity contribution in [3.05, 3.63) is 61.3 Å². The van der Waals surface area contributed by atoms with Gasteiger partial charge in [0.2, 0.25) is 0 Å². The molecule has 19 heavy (non-hydrogen) atoms. The van der Waals surface area contributed by atoms with E-state index >= 15 is 0 Å². The zero-order valence-corrected chi connectivity index (χ0v) is 11.1. The van der Waals surface area contributed by atoms with Gasteiger partial charge in [-0.15, -0.1) is 11.8 Å². The average molecular weight is 294 g/mol. The van der Waals surface area contributed by atoms with Gasteiger partial charge in [-0.2, -0.15) is 5.26 Å². The van der Waals surface area contributed by atoms with E-state index in [4.69, 9.17) is 16.9 Å². The van der Waals surface area contributed by atoms with Gasteiger partial charge in [-0.3, -0.25) is 9.59 Å². The number of rotatable bonds is 3. The molecule has 0 amide bonds. The number of nitriles is 1. The van der Waals surface area contributed by atoms with Crippen molar-refractivity contribution in [2.24, 2.45) is 0 Å². The number of H-pyrrole nitrogens is 2. The summed E-state index contributed by atoms with van der Waals surface area (Å²) in [6.45, 7) is 0. The molecule has 0 aliphatic carbocycles. The molecule has 0 aliphatic heterocycles. The number of halogens is 1. The van der Waals surface area contributed by atoms with E-state index in [0.29, 0.717) is 21.4 Å². The Morgan fingerprint density at radius 2 is 2.11 bits per heavy atom. The van der Waals surface area contributed by atoms with Crippen molar-refractivity contribution >= 4 is 23.4 Å². The number of thioether (sulfide) groups is 1. The van der Waals surface area contributed by atoms with E-state index in [-0.39, 0.29) is 0 Å². The standard InChI is InChI=1S/C12H8ClN3O2S/c13-9-3-7(1-2-8(9)4-14)6-19-10-5-15-11(17)12(18)16-10/h1-3,5H,6H2,(H,15,17)(H,16,18). The van der Waals surface area contributed by atoms with Crippen LogP contribution in [0.15, 0.2) is 39.0 Å². The quantitative estimate of drug-likeness (QED) is 0.668. The fourth-order valence-electron chi connectivity index (χ4n) is 1.38. The first-order valence-electron chi connectivity index (χ1n) is 5.23. The Morgan fingerprint density at radius 1 is 1.32 bits per heavy atom. The number of nitrogens with zero attached hydrogens (tertiary/aromatic N) is 1. The molecule has 0 bridgehead atoms. The monoisotopic (exact) mass is 293 g/mol. The van der Waals surface area contributed by atoms with Gasteiger partial charge in [0.25, 0.3) is 0 Å². The largest absolute Gasteiger partial charge is 0.322 e. The van der Waals surface area contributed by atoms with Crippen LogP contribution in [0.3, 0.4) is 0 Å². The highest BCUT2D eigenvalue weighted by molar-refractivity contribution is 7.98. The molecule has 2 aromatic rings. The smallest absolute Gasteiger partial charge is 0.314 e. The lowest BCUT2D eigenvalue weighted by molar-refractivity contribution is 0.971. The van der Waals surface area contributed by atoms with Crippen molar-refractivity contribution in [3.8, 4) is 6.07 Å². The molecule has 0 radical (unpaired) electrons. The van der Waals surface area contributed by atoms with Crippen molar-refractivity contribution in [2.45, 2.75) is 10.8 Å². The van der Waals surface area contributed by atoms with Crippen LogP contribution in [0.25, 0.3) is 0 Å². The highest BCUT2D eigenvalue weighted by Gasteiger charge is 2.03. The van der Waals surface area contributed by atoms with Crippen molar-refractivity contribution in [1.29, 1.82) is 5.26 Å². The van der Waals surface area contributed by atoms with Crippen LogP contribution in [0.4, 0.5) is 0 Å². The molecule has 0 atom stereocenters. The molecule has 0 spiro atoms. The van der Waals surface area contributed by atoms with E-state index in [1.807, 2.05) is 6.07 Å². The molecular weight excluding hydrogens is 286 g/mol. The number of aromatic amines is 2. The van der Waals surface area contributed by atoms with Gasteiger partial charge in [-0.25, -0.2) is 0 Å². The van der Waals surface area contributed by atoms with Crippen LogP contribution in [-0.2, 0) is 5.75 Å². The first-order valence-corrected chi connectivity index (χ1v) is 6.60.